The molecule has 1 heterocycles. The molecule has 1 N–H and O–H groups in total. The Labute approximate surface area is 165 Å². The molecule has 8 heteroatoms. The SMILES string of the molecule is CCOP(=O)(O)c1c(-c2ccccc2Cl)oc2c1C(=O)c1ccccc1C2=O. The molecule has 0 aliphatic heterocycles. The molecule has 6 nitrogen and oxygen atoms in total. The van der Waals surface area contributed by atoms with E-state index in [1.165, 1.54) is 12.1 Å². The van der Waals surface area contributed by atoms with E-state index in [9.17, 15) is 19.0 Å². The number of rotatable bonds is 4. The third kappa shape index (κ3) is 2.77. The van der Waals surface area contributed by atoms with Crippen LogP contribution >= 0.6 is 19.2 Å². The molecule has 3 aromatic rings. The maximum atomic E-state index is 13.1. The summed E-state index contributed by atoms with van der Waals surface area (Å²) in [5, 5.41) is -0.103. The first-order valence-electron chi connectivity index (χ1n) is 8.44. The molecule has 1 aliphatic rings. The number of hydrogen-bond acceptors (Lipinski definition) is 5. The topological polar surface area (TPSA) is 93.8 Å². The van der Waals surface area contributed by atoms with Gasteiger partial charge in [0.25, 0.3) is 0 Å². The lowest BCUT2D eigenvalue weighted by Crippen LogP contribution is -2.25. The van der Waals surface area contributed by atoms with Crippen molar-refractivity contribution in [1.82, 2.24) is 0 Å². The Morgan fingerprint density at radius 3 is 2.14 bits per heavy atom. The zero-order valence-corrected chi connectivity index (χ0v) is 16.3. The van der Waals surface area contributed by atoms with E-state index in [1.807, 2.05) is 0 Å². The summed E-state index contributed by atoms with van der Waals surface area (Å²) in [6.07, 6.45) is 0. The van der Waals surface area contributed by atoms with Crippen molar-refractivity contribution in [2.75, 3.05) is 6.61 Å². The second kappa shape index (κ2) is 6.83. The zero-order chi connectivity index (χ0) is 20.1. The van der Waals surface area contributed by atoms with Crippen LogP contribution in [-0.2, 0) is 9.09 Å². The van der Waals surface area contributed by atoms with Gasteiger partial charge in [-0.2, -0.15) is 0 Å². The first kappa shape index (κ1) is 18.8. The van der Waals surface area contributed by atoms with Crippen molar-refractivity contribution in [1.29, 1.82) is 0 Å². The van der Waals surface area contributed by atoms with Crippen LogP contribution in [0.5, 0.6) is 0 Å². The van der Waals surface area contributed by atoms with Crippen molar-refractivity contribution in [3.63, 3.8) is 0 Å². The second-order valence-corrected chi connectivity index (χ2v) is 8.26. The van der Waals surface area contributed by atoms with E-state index in [1.54, 1.807) is 43.3 Å². The second-order valence-electron chi connectivity index (χ2n) is 6.11. The monoisotopic (exact) mass is 416 g/mol. The van der Waals surface area contributed by atoms with Gasteiger partial charge in [0.2, 0.25) is 5.78 Å². The predicted octanol–water partition coefficient (Wildman–Crippen LogP) is 4.22. The van der Waals surface area contributed by atoms with Crippen LogP contribution < -0.4 is 5.30 Å². The van der Waals surface area contributed by atoms with E-state index in [4.69, 9.17) is 20.5 Å². The summed E-state index contributed by atoms with van der Waals surface area (Å²) < 4.78 is 23.8. The maximum Gasteiger partial charge on any atom is 0.363 e. The quantitative estimate of drug-likeness (QED) is 0.500. The number of hydrogen-bond donors (Lipinski definition) is 1. The van der Waals surface area contributed by atoms with Crippen molar-refractivity contribution < 1.29 is 28.0 Å². The fourth-order valence-electron chi connectivity index (χ4n) is 3.27. The molecule has 0 saturated carbocycles. The van der Waals surface area contributed by atoms with Gasteiger partial charge in [-0.05, 0) is 19.1 Å². The number of carbonyl (C=O) groups excluding carboxylic acids is 2. The molecule has 1 aromatic heterocycles. The van der Waals surface area contributed by atoms with Crippen LogP contribution in [0.3, 0.4) is 0 Å². The molecule has 0 bridgehead atoms. The van der Waals surface area contributed by atoms with Gasteiger partial charge in [0.05, 0.1) is 17.2 Å². The van der Waals surface area contributed by atoms with E-state index in [0.717, 1.165) is 0 Å². The smallest absolute Gasteiger partial charge is 0.363 e. The molecule has 2 aromatic carbocycles. The molecule has 1 unspecified atom stereocenters. The van der Waals surface area contributed by atoms with E-state index >= 15 is 0 Å². The highest BCUT2D eigenvalue weighted by atomic mass is 35.5. The zero-order valence-electron chi connectivity index (χ0n) is 14.6. The number of carbonyl (C=O) groups is 2. The Bertz CT molecular complexity index is 1180. The third-order valence-corrected chi connectivity index (χ3v) is 6.37. The molecule has 0 spiro atoms. The van der Waals surface area contributed by atoms with Crippen LogP contribution in [0.4, 0.5) is 0 Å². The number of ketones is 2. The molecule has 28 heavy (non-hydrogen) atoms. The van der Waals surface area contributed by atoms with Crippen LogP contribution in [0.2, 0.25) is 5.02 Å². The number of halogens is 1. The highest BCUT2D eigenvalue weighted by Gasteiger charge is 2.44. The fourth-order valence-corrected chi connectivity index (χ4v) is 4.88. The van der Waals surface area contributed by atoms with Gasteiger partial charge < -0.3 is 13.8 Å². The minimum atomic E-state index is -4.48. The Morgan fingerprint density at radius 2 is 1.54 bits per heavy atom. The molecule has 1 atom stereocenters. The third-order valence-electron chi connectivity index (χ3n) is 4.44. The average Bonchev–Trinajstić information content (AvgIpc) is 3.08. The molecule has 4 rings (SSSR count). The summed E-state index contributed by atoms with van der Waals surface area (Å²) in [6.45, 7) is 1.47. The lowest BCUT2D eigenvalue weighted by molar-refractivity contribution is 0.0961. The van der Waals surface area contributed by atoms with Crippen LogP contribution in [0.1, 0.15) is 39.0 Å². The first-order valence-corrected chi connectivity index (χ1v) is 10.4. The fraction of sp³-hybridized carbons (Fsp3) is 0.100. The Kier molecular flexibility index (Phi) is 4.60. The molecular weight excluding hydrogens is 403 g/mol. The van der Waals surface area contributed by atoms with Gasteiger partial charge in [-0.25, -0.2) is 0 Å². The lowest BCUT2D eigenvalue weighted by Gasteiger charge is -2.16. The molecule has 0 amide bonds. The lowest BCUT2D eigenvalue weighted by atomic mass is 9.88. The minimum absolute atomic E-state index is 0.0750. The van der Waals surface area contributed by atoms with Gasteiger partial charge in [-0.3, -0.25) is 14.2 Å². The van der Waals surface area contributed by atoms with Gasteiger partial charge in [0, 0.05) is 16.7 Å². The van der Waals surface area contributed by atoms with Crippen LogP contribution in [0.15, 0.2) is 52.9 Å². The Morgan fingerprint density at radius 1 is 0.964 bits per heavy atom. The normalized spacial score (nSPS) is 15.1. The number of benzene rings is 2. The van der Waals surface area contributed by atoms with Crippen LogP contribution in [-0.4, -0.2) is 23.1 Å². The van der Waals surface area contributed by atoms with E-state index in [2.05, 4.69) is 0 Å². The molecule has 0 fully saturated rings. The van der Waals surface area contributed by atoms with Gasteiger partial charge in [-0.1, -0.05) is 48.0 Å². The van der Waals surface area contributed by atoms with Crippen molar-refractivity contribution in [3.8, 4) is 11.3 Å². The Balaban J connectivity index is 2.08. The maximum absolute atomic E-state index is 13.1. The van der Waals surface area contributed by atoms with Crippen molar-refractivity contribution in [2.24, 2.45) is 0 Å². The van der Waals surface area contributed by atoms with Gasteiger partial charge in [0.15, 0.2) is 17.3 Å². The highest BCUT2D eigenvalue weighted by Crippen LogP contribution is 2.49. The van der Waals surface area contributed by atoms with Crippen LogP contribution in [0.25, 0.3) is 11.3 Å². The van der Waals surface area contributed by atoms with E-state index < -0.39 is 19.2 Å². The predicted molar refractivity (Wildman–Crippen MR) is 104 cm³/mol. The largest absolute Gasteiger partial charge is 0.451 e. The molecule has 1 aliphatic carbocycles. The van der Waals surface area contributed by atoms with Gasteiger partial charge in [-0.15, -0.1) is 0 Å². The molecule has 0 saturated heterocycles. The first-order chi connectivity index (χ1) is 13.4. The van der Waals surface area contributed by atoms with Crippen LogP contribution in [0, 0.1) is 0 Å². The molecular formula is C20H14ClO6P. The summed E-state index contributed by atoms with van der Waals surface area (Å²) in [5.41, 5.74) is 0.351. The van der Waals surface area contributed by atoms with Crippen molar-refractivity contribution in [3.05, 3.63) is 76.0 Å². The summed E-state index contributed by atoms with van der Waals surface area (Å²) in [4.78, 5) is 36.6. The molecule has 0 radical (unpaired) electrons. The summed E-state index contributed by atoms with van der Waals surface area (Å²) >= 11 is 6.24. The van der Waals surface area contributed by atoms with Crippen molar-refractivity contribution >= 4 is 36.1 Å². The molecule has 142 valence electrons. The summed E-state index contributed by atoms with van der Waals surface area (Å²) in [6, 6.07) is 12.7. The minimum Gasteiger partial charge on any atom is -0.451 e. The van der Waals surface area contributed by atoms with E-state index in [0.29, 0.717) is 0 Å². The van der Waals surface area contributed by atoms with Gasteiger partial charge >= 0.3 is 7.60 Å². The standard InChI is InChI=1S/C20H14ClO6P/c1-2-26-28(24,25)20-15-16(22)11-7-3-4-8-12(11)17(23)19(15)27-18(20)13-9-5-6-10-14(13)21/h3-10H,2H2,1H3,(H,24,25). The number of fused-ring (bicyclic) bond motifs is 2. The van der Waals surface area contributed by atoms with Gasteiger partial charge in [0.1, 0.15) is 5.30 Å². The summed E-state index contributed by atoms with van der Waals surface area (Å²) in [5.74, 6) is -1.52. The highest BCUT2D eigenvalue weighted by molar-refractivity contribution is 7.61. The average molecular weight is 417 g/mol. The van der Waals surface area contributed by atoms with E-state index in [-0.39, 0.29) is 50.7 Å². The Hall–Kier alpha value is -2.50. The number of furan rings is 1. The van der Waals surface area contributed by atoms with Crippen molar-refractivity contribution in [2.45, 2.75) is 6.92 Å². The summed E-state index contributed by atoms with van der Waals surface area (Å²) in [7, 11) is -4.48.